The van der Waals surface area contributed by atoms with Crippen LogP contribution in [0.5, 0.6) is 0 Å². The number of rotatable bonds is 26. The van der Waals surface area contributed by atoms with Crippen molar-refractivity contribution in [2.45, 2.75) is 83.9 Å². The lowest BCUT2D eigenvalue weighted by molar-refractivity contribution is -0.137. The molecule has 2 aromatic carbocycles. The Labute approximate surface area is 434 Å². The van der Waals surface area contributed by atoms with Crippen molar-refractivity contribution < 1.29 is 47.8 Å². The van der Waals surface area contributed by atoms with Gasteiger partial charge in [-0.15, -0.1) is 0 Å². The first-order valence-corrected chi connectivity index (χ1v) is 24.9. The van der Waals surface area contributed by atoms with E-state index in [9.17, 15) is 38.4 Å². The van der Waals surface area contributed by atoms with Crippen molar-refractivity contribution in [3.05, 3.63) is 102 Å². The number of alkyl carbamates (subject to hydrolysis) is 1. The SMILES string of the molecule is CC(C)[C@H](NC(=O)CCCCCN1C(=O)C=CC1=O)C(=O)N[C@@H](CCCNC(N)=O)C(=O)Nc1ccc(COC(=O)NCCCc2cccc(-c3cnc(N)c(C(=O)Nc4cnccc4N4CCOCC4)n3)c2)cc1. The minimum atomic E-state index is -1.05. The van der Waals surface area contributed by atoms with Crippen LogP contribution in [0.15, 0.2) is 85.3 Å². The van der Waals surface area contributed by atoms with Gasteiger partial charge in [-0.2, -0.15) is 0 Å². The molecule has 4 heterocycles. The van der Waals surface area contributed by atoms with Gasteiger partial charge >= 0.3 is 12.1 Å². The molecule has 6 rings (SSSR count). The number of nitrogens with zero attached hydrogens (tertiary/aromatic N) is 5. The van der Waals surface area contributed by atoms with Gasteiger partial charge in [0.05, 0.1) is 42.7 Å². The Morgan fingerprint density at radius 3 is 2.29 bits per heavy atom. The smallest absolute Gasteiger partial charge is 0.407 e. The Kier molecular flexibility index (Phi) is 20.9. The second-order valence-corrected chi connectivity index (χ2v) is 18.2. The number of nitrogen functional groups attached to an aromatic ring is 1. The highest BCUT2D eigenvalue weighted by Gasteiger charge is 2.29. The fourth-order valence-electron chi connectivity index (χ4n) is 8.14. The molecule has 398 valence electrons. The lowest BCUT2D eigenvalue weighted by atomic mass is 10.0. The first kappa shape index (κ1) is 55.8. The molecule has 0 saturated carbocycles. The van der Waals surface area contributed by atoms with Gasteiger partial charge in [-0.3, -0.25) is 38.7 Å². The van der Waals surface area contributed by atoms with E-state index in [0.29, 0.717) is 94.0 Å². The summed E-state index contributed by atoms with van der Waals surface area (Å²) < 4.78 is 10.9. The highest BCUT2D eigenvalue weighted by atomic mass is 16.5. The molecule has 4 aromatic rings. The van der Waals surface area contributed by atoms with Gasteiger partial charge in [-0.05, 0) is 79.8 Å². The largest absolute Gasteiger partial charge is 0.445 e. The number of amides is 9. The molecular formula is C52H65N13O10. The molecule has 0 unspecified atom stereocenters. The van der Waals surface area contributed by atoms with E-state index in [4.69, 9.17) is 20.9 Å². The van der Waals surface area contributed by atoms with Gasteiger partial charge in [0.1, 0.15) is 18.7 Å². The maximum atomic E-state index is 13.6. The minimum absolute atomic E-state index is 0.0156. The minimum Gasteiger partial charge on any atom is -0.445 e. The van der Waals surface area contributed by atoms with Gasteiger partial charge in [0.25, 0.3) is 17.7 Å². The van der Waals surface area contributed by atoms with Crippen molar-refractivity contribution in [3.8, 4) is 11.3 Å². The normalized spacial score (nSPS) is 14.0. The molecule has 2 aromatic heterocycles. The lowest BCUT2D eigenvalue weighted by Crippen LogP contribution is -2.54. The zero-order valence-electron chi connectivity index (χ0n) is 42.1. The van der Waals surface area contributed by atoms with Crippen LogP contribution in [0.2, 0.25) is 0 Å². The maximum Gasteiger partial charge on any atom is 0.407 e. The molecule has 0 spiro atoms. The van der Waals surface area contributed by atoms with Crippen LogP contribution >= 0.6 is 0 Å². The van der Waals surface area contributed by atoms with Crippen LogP contribution in [0.25, 0.3) is 11.3 Å². The van der Waals surface area contributed by atoms with Crippen LogP contribution < -0.4 is 48.3 Å². The molecule has 0 aliphatic carbocycles. The average Bonchev–Trinajstić information content (AvgIpc) is 3.72. The quantitative estimate of drug-likeness (QED) is 0.0329. The fourth-order valence-corrected chi connectivity index (χ4v) is 8.14. The molecule has 1 fully saturated rings. The molecule has 23 nitrogen and oxygen atoms in total. The summed E-state index contributed by atoms with van der Waals surface area (Å²) in [6.45, 7) is 6.73. The van der Waals surface area contributed by atoms with Gasteiger partial charge < -0.3 is 57.7 Å². The second kappa shape index (κ2) is 28.1. The lowest BCUT2D eigenvalue weighted by Gasteiger charge is -2.30. The van der Waals surface area contributed by atoms with E-state index in [0.717, 1.165) is 21.7 Å². The van der Waals surface area contributed by atoms with Crippen molar-refractivity contribution in [1.29, 1.82) is 0 Å². The number of carbonyl (C=O) groups excluding carboxylic acids is 8. The number of ether oxygens (including phenoxy) is 2. The van der Waals surface area contributed by atoms with Crippen LogP contribution in [0.1, 0.15) is 80.4 Å². The number of nitrogens with two attached hydrogens (primary N) is 2. The number of morpholine rings is 1. The van der Waals surface area contributed by atoms with Crippen LogP contribution in [0.3, 0.4) is 0 Å². The van der Waals surface area contributed by atoms with E-state index in [2.05, 4.69) is 51.8 Å². The monoisotopic (exact) mass is 1030 g/mol. The van der Waals surface area contributed by atoms with Crippen LogP contribution in [0.4, 0.5) is 32.5 Å². The third-order valence-corrected chi connectivity index (χ3v) is 12.2. The first-order valence-electron chi connectivity index (χ1n) is 24.9. The Hall–Kier alpha value is -8.47. The summed E-state index contributed by atoms with van der Waals surface area (Å²) in [5.74, 6) is -3.05. The van der Waals surface area contributed by atoms with E-state index in [1.165, 1.54) is 18.3 Å². The molecule has 0 bridgehead atoms. The maximum absolute atomic E-state index is 13.6. The topological polar surface area (TPSA) is 324 Å². The number of pyridine rings is 1. The summed E-state index contributed by atoms with van der Waals surface area (Å²) in [6.07, 6.45) is 9.92. The number of urea groups is 1. The van der Waals surface area contributed by atoms with E-state index < -0.39 is 41.9 Å². The number of carbonyl (C=O) groups is 8. The van der Waals surface area contributed by atoms with Gasteiger partial charge in [0.15, 0.2) is 11.5 Å². The number of unbranched alkanes of at least 4 members (excludes halogenated alkanes) is 2. The number of aryl methyl sites for hydroxylation is 1. The summed E-state index contributed by atoms with van der Waals surface area (Å²) in [5, 5.41) is 16.4. The van der Waals surface area contributed by atoms with Gasteiger partial charge in [0.2, 0.25) is 17.7 Å². The van der Waals surface area contributed by atoms with Crippen LogP contribution in [-0.4, -0.2) is 125 Å². The third-order valence-electron chi connectivity index (χ3n) is 12.2. The first-order chi connectivity index (χ1) is 36.1. The van der Waals surface area contributed by atoms with Crippen molar-refractivity contribution in [3.63, 3.8) is 0 Å². The number of hydrogen-bond donors (Lipinski definition) is 8. The van der Waals surface area contributed by atoms with Gasteiger partial charge in [-0.25, -0.2) is 19.6 Å². The number of imide groups is 1. The van der Waals surface area contributed by atoms with Gasteiger partial charge in [0, 0.05) is 68.7 Å². The summed E-state index contributed by atoms with van der Waals surface area (Å²) in [6, 6.07) is 13.3. The predicted molar refractivity (Wildman–Crippen MR) is 279 cm³/mol. The summed E-state index contributed by atoms with van der Waals surface area (Å²) >= 11 is 0. The summed E-state index contributed by atoms with van der Waals surface area (Å²) in [4.78, 5) is 117. The number of primary amides is 1. The van der Waals surface area contributed by atoms with Crippen LogP contribution in [0, 0.1) is 5.92 Å². The number of nitrogens with one attached hydrogen (secondary N) is 6. The van der Waals surface area contributed by atoms with E-state index in [1.807, 2.05) is 30.3 Å². The van der Waals surface area contributed by atoms with Crippen molar-refractivity contribution >= 4 is 70.4 Å². The number of hydrogen-bond acceptors (Lipinski definition) is 15. The number of benzene rings is 2. The van der Waals surface area contributed by atoms with Crippen LogP contribution in [-0.2, 0) is 46.5 Å². The zero-order valence-corrected chi connectivity index (χ0v) is 42.1. The zero-order chi connectivity index (χ0) is 53.7. The molecule has 1 saturated heterocycles. The van der Waals surface area contributed by atoms with E-state index >= 15 is 0 Å². The fraction of sp³-hybridized carbons (Fsp3) is 0.404. The molecule has 10 N–H and O–H groups in total. The van der Waals surface area contributed by atoms with Crippen molar-refractivity contribution in [2.24, 2.45) is 11.7 Å². The Bertz CT molecular complexity index is 2680. The standard InChI is InChI=1S/C52H65N13O10/c1-33(2)45(63-42(66)13-4-3-5-24-65-43(67)18-19-44(65)68)49(70)61-38(12-8-21-56-51(54)72)48(69)59-37-16-14-35(15-17-37)32-75-52(73)57-22-7-10-34-9-6-11-36(29-34)39-31-58-47(53)46(60-39)50(71)62-40-30-55-23-20-41(40)64-25-27-74-28-26-64/h6,9,11,14-20,23,29-31,33,38,45H,3-5,7-8,10,12-13,21-22,24-28,32H2,1-2H3,(H2,53,58)(H,57,73)(H,59,69)(H,61,70)(H,62,71)(H,63,66)(H3,54,56,72)/t38-,45-/m0/s1. The third kappa shape index (κ3) is 17.3. The molecule has 2 atom stereocenters. The highest BCUT2D eigenvalue weighted by molar-refractivity contribution is 6.13. The number of anilines is 4. The van der Waals surface area contributed by atoms with Gasteiger partial charge in [-0.1, -0.05) is 50.6 Å². The molecule has 23 heteroatoms. The Morgan fingerprint density at radius 2 is 1.56 bits per heavy atom. The second-order valence-electron chi connectivity index (χ2n) is 18.2. The van der Waals surface area contributed by atoms with E-state index in [-0.39, 0.29) is 67.7 Å². The van der Waals surface area contributed by atoms with E-state index in [1.54, 1.807) is 50.5 Å². The average molecular weight is 1030 g/mol. The highest BCUT2D eigenvalue weighted by Crippen LogP contribution is 2.27. The molecule has 2 aliphatic heterocycles. The summed E-state index contributed by atoms with van der Waals surface area (Å²) in [7, 11) is 0. The van der Waals surface area contributed by atoms with Crippen molar-refractivity contribution in [1.82, 2.24) is 41.1 Å². The summed E-state index contributed by atoms with van der Waals surface area (Å²) in [5.41, 5.74) is 15.9. The number of aromatic nitrogens is 3. The van der Waals surface area contributed by atoms with Crippen molar-refractivity contribution in [2.75, 3.05) is 67.2 Å². The predicted octanol–water partition coefficient (Wildman–Crippen LogP) is 3.57. The molecule has 9 amide bonds. The molecule has 2 aliphatic rings. The molecular weight excluding hydrogens is 967 g/mol. The molecule has 0 radical (unpaired) electrons. The molecule has 75 heavy (non-hydrogen) atoms. The Morgan fingerprint density at radius 1 is 0.813 bits per heavy atom. The Balaban J connectivity index is 0.931.